The van der Waals surface area contributed by atoms with E-state index in [1.165, 1.54) is 0 Å². The van der Waals surface area contributed by atoms with Crippen molar-refractivity contribution in [2.24, 2.45) is 5.73 Å². The van der Waals surface area contributed by atoms with Crippen molar-refractivity contribution in [2.75, 3.05) is 0 Å². The Morgan fingerprint density at radius 2 is 1.44 bits per heavy atom. The van der Waals surface area contributed by atoms with E-state index in [9.17, 15) is 14.4 Å². The van der Waals surface area contributed by atoms with Crippen LogP contribution < -0.4 is 11.1 Å². The molecule has 1 atom stereocenters. The zero-order chi connectivity index (χ0) is 23.9. The van der Waals surface area contributed by atoms with Crippen LogP contribution in [0.3, 0.4) is 0 Å². The van der Waals surface area contributed by atoms with Crippen LogP contribution >= 0.6 is 0 Å². The molecular weight excluding hydrogens is 424 g/mol. The zero-order valence-corrected chi connectivity index (χ0v) is 18.5. The number of nitrogens with one attached hydrogen (secondary N) is 1. The third-order valence-electron chi connectivity index (χ3n) is 5.58. The first-order valence-corrected chi connectivity index (χ1v) is 11.0. The van der Waals surface area contributed by atoms with Gasteiger partial charge in [-0.3, -0.25) is 14.4 Å². The third kappa shape index (κ3) is 5.45. The van der Waals surface area contributed by atoms with Gasteiger partial charge in [-0.25, -0.2) is 0 Å². The van der Waals surface area contributed by atoms with E-state index >= 15 is 0 Å². The number of hydrogen-bond donors (Lipinski definition) is 2. The number of rotatable bonds is 8. The molecule has 0 aliphatic rings. The number of fused-ring (bicyclic) bond motifs is 1. The molecule has 0 fully saturated rings. The Labute approximate surface area is 197 Å². The molecule has 0 aliphatic carbocycles. The second-order valence-corrected chi connectivity index (χ2v) is 7.97. The van der Waals surface area contributed by atoms with Gasteiger partial charge < -0.3 is 11.1 Å². The van der Waals surface area contributed by atoms with E-state index in [0.29, 0.717) is 11.1 Å². The maximum Gasteiger partial charge on any atom is 0.287 e. The standard InChI is InChI=1S/C29H24N2O3/c30-28(33)27(32)26(19-20-8-2-1-3-9-20)31-29(34)25-13-7-6-11-23(25)17-15-21-14-16-22-10-4-5-12-24(22)18-21/h1-18,26H,19H2,(H2,30,33)(H,31,34)/b17-15+/t26-/m0/s1. The fourth-order valence-corrected chi connectivity index (χ4v) is 3.81. The Morgan fingerprint density at radius 1 is 0.765 bits per heavy atom. The number of Topliss-reactive ketones (excluding diaryl/α,β-unsaturated/α-hetero) is 1. The summed E-state index contributed by atoms with van der Waals surface area (Å²) in [7, 11) is 0. The first kappa shape index (κ1) is 22.7. The highest BCUT2D eigenvalue weighted by Gasteiger charge is 2.26. The number of nitrogens with two attached hydrogens (primary N) is 1. The maximum atomic E-state index is 13.1. The minimum atomic E-state index is -1.08. The molecule has 4 aromatic carbocycles. The highest BCUT2D eigenvalue weighted by atomic mass is 16.2. The molecule has 0 heterocycles. The van der Waals surface area contributed by atoms with Crippen LogP contribution in [-0.2, 0) is 16.0 Å². The summed E-state index contributed by atoms with van der Waals surface area (Å²) in [6.07, 6.45) is 3.97. The van der Waals surface area contributed by atoms with Crippen LogP contribution in [0.4, 0.5) is 0 Å². The van der Waals surface area contributed by atoms with Crippen LogP contribution in [0, 0.1) is 0 Å². The van der Waals surface area contributed by atoms with Gasteiger partial charge >= 0.3 is 0 Å². The number of primary amides is 1. The number of benzene rings is 4. The minimum Gasteiger partial charge on any atom is -0.363 e. The number of carbonyl (C=O) groups excluding carboxylic acids is 3. The lowest BCUT2D eigenvalue weighted by molar-refractivity contribution is -0.137. The molecule has 5 nitrogen and oxygen atoms in total. The molecule has 168 valence electrons. The van der Waals surface area contributed by atoms with Crippen molar-refractivity contribution in [3.05, 3.63) is 119 Å². The molecule has 4 aromatic rings. The van der Waals surface area contributed by atoms with Gasteiger partial charge in [-0.1, -0.05) is 97.1 Å². The Balaban J connectivity index is 1.57. The van der Waals surface area contributed by atoms with Crippen LogP contribution in [0.2, 0.25) is 0 Å². The summed E-state index contributed by atoms with van der Waals surface area (Å²) >= 11 is 0. The average Bonchev–Trinajstić information content (AvgIpc) is 2.87. The van der Waals surface area contributed by atoms with E-state index in [1.807, 2.05) is 72.8 Å². The topological polar surface area (TPSA) is 89.3 Å². The fraction of sp³-hybridized carbons (Fsp3) is 0.0690. The number of hydrogen-bond acceptors (Lipinski definition) is 3. The first-order chi connectivity index (χ1) is 16.5. The third-order valence-corrected chi connectivity index (χ3v) is 5.58. The zero-order valence-electron chi connectivity index (χ0n) is 18.5. The molecule has 3 N–H and O–H groups in total. The van der Waals surface area contributed by atoms with Gasteiger partial charge in [0, 0.05) is 12.0 Å². The summed E-state index contributed by atoms with van der Waals surface area (Å²) in [6.45, 7) is 0. The number of carbonyl (C=O) groups is 3. The van der Waals surface area contributed by atoms with Crippen molar-refractivity contribution in [2.45, 2.75) is 12.5 Å². The second kappa shape index (κ2) is 10.4. The van der Waals surface area contributed by atoms with Gasteiger partial charge in [-0.2, -0.15) is 0 Å². The van der Waals surface area contributed by atoms with Crippen molar-refractivity contribution < 1.29 is 14.4 Å². The fourth-order valence-electron chi connectivity index (χ4n) is 3.81. The van der Waals surface area contributed by atoms with E-state index in [1.54, 1.807) is 12.1 Å². The highest BCUT2D eigenvalue weighted by Crippen LogP contribution is 2.19. The average molecular weight is 449 g/mol. The molecule has 0 unspecified atom stereocenters. The summed E-state index contributed by atoms with van der Waals surface area (Å²) in [5.41, 5.74) is 8.14. The van der Waals surface area contributed by atoms with Crippen LogP contribution in [0.15, 0.2) is 97.1 Å². The van der Waals surface area contributed by atoms with Crippen molar-refractivity contribution in [3.63, 3.8) is 0 Å². The number of ketones is 1. The van der Waals surface area contributed by atoms with Gasteiger partial charge in [-0.05, 0) is 39.6 Å². The second-order valence-electron chi connectivity index (χ2n) is 7.97. The van der Waals surface area contributed by atoms with Crippen LogP contribution in [0.5, 0.6) is 0 Å². The molecule has 0 bridgehead atoms. The Morgan fingerprint density at radius 3 is 2.21 bits per heavy atom. The van der Waals surface area contributed by atoms with Gasteiger partial charge in [-0.15, -0.1) is 0 Å². The van der Waals surface area contributed by atoms with Crippen molar-refractivity contribution in [1.82, 2.24) is 5.32 Å². The molecule has 5 heteroatoms. The van der Waals surface area contributed by atoms with E-state index in [4.69, 9.17) is 5.73 Å². The molecule has 0 saturated carbocycles. The van der Waals surface area contributed by atoms with Crippen molar-refractivity contribution in [3.8, 4) is 0 Å². The van der Waals surface area contributed by atoms with Gasteiger partial charge in [0.25, 0.3) is 11.8 Å². The summed E-state index contributed by atoms with van der Waals surface area (Å²) < 4.78 is 0. The molecule has 0 aromatic heterocycles. The predicted octanol–water partition coefficient (Wildman–Crippen LogP) is 4.41. The number of amides is 2. The van der Waals surface area contributed by atoms with Crippen molar-refractivity contribution in [1.29, 1.82) is 0 Å². The van der Waals surface area contributed by atoms with Gasteiger partial charge in [0.2, 0.25) is 5.78 Å². The molecule has 0 aliphatic heterocycles. The molecule has 0 saturated heterocycles. The molecule has 0 spiro atoms. The Hall–Kier alpha value is -4.51. The summed E-state index contributed by atoms with van der Waals surface area (Å²) in [5.74, 6) is -2.36. The van der Waals surface area contributed by atoms with E-state index in [-0.39, 0.29) is 6.42 Å². The molecule has 2 amide bonds. The molecule has 34 heavy (non-hydrogen) atoms. The van der Waals surface area contributed by atoms with Gasteiger partial charge in [0.05, 0.1) is 0 Å². The molecule has 4 rings (SSSR count). The van der Waals surface area contributed by atoms with Gasteiger partial charge in [0.15, 0.2) is 0 Å². The van der Waals surface area contributed by atoms with Crippen LogP contribution in [0.25, 0.3) is 22.9 Å². The van der Waals surface area contributed by atoms with E-state index < -0.39 is 23.6 Å². The smallest absolute Gasteiger partial charge is 0.287 e. The van der Waals surface area contributed by atoms with Crippen LogP contribution in [0.1, 0.15) is 27.0 Å². The van der Waals surface area contributed by atoms with E-state index in [2.05, 4.69) is 29.6 Å². The maximum absolute atomic E-state index is 13.1. The lowest BCUT2D eigenvalue weighted by atomic mass is 10.00. The Bertz CT molecular complexity index is 1380. The summed E-state index contributed by atoms with van der Waals surface area (Å²) in [4.78, 5) is 37.1. The van der Waals surface area contributed by atoms with Crippen LogP contribution in [-0.4, -0.2) is 23.6 Å². The predicted molar refractivity (Wildman–Crippen MR) is 135 cm³/mol. The largest absolute Gasteiger partial charge is 0.363 e. The molecule has 0 radical (unpaired) electrons. The summed E-state index contributed by atoms with van der Waals surface area (Å²) in [5, 5.41) is 4.99. The SMILES string of the molecule is NC(=O)C(=O)[C@H](Cc1ccccc1)NC(=O)c1ccccc1/C=C/c1ccc2ccccc2c1. The lowest BCUT2D eigenvalue weighted by Crippen LogP contribution is -2.47. The van der Waals surface area contributed by atoms with Gasteiger partial charge in [0.1, 0.15) is 6.04 Å². The lowest BCUT2D eigenvalue weighted by Gasteiger charge is -2.17. The first-order valence-electron chi connectivity index (χ1n) is 11.0. The van der Waals surface area contributed by atoms with Crippen molar-refractivity contribution >= 4 is 40.5 Å². The Kier molecular flexibility index (Phi) is 6.94. The minimum absolute atomic E-state index is 0.170. The molecular formula is C29H24N2O3. The quantitative estimate of drug-likeness (QED) is 0.309. The normalized spacial score (nSPS) is 11.9. The van der Waals surface area contributed by atoms with E-state index in [0.717, 1.165) is 21.9 Å². The highest BCUT2D eigenvalue weighted by molar-refractivity contribution is 6.38. The summed E-state index contributed by atoms with van der Waals surface area (Å²) in [6, 6.07) is 29.5. The monoisotopic (exact) mass is 448 g/mol.